The fourth-order valence-corrected chi connectivity index (χ4v) is 2.77. The maximum absolute atomic E-state index is 11.2. The summed E-state index contributed by atoms with van der Waals surface area (Å²) < 4.78 is 0. The van der Waals surface area contributed by atoms with E-state index in [-0.39, 0.29) is 17.1 Å². The number of nitro groups is 1. The van der Waals surface area contributed by atoms with Crippen molar-refractivity contribution < 1.29 is 10.0 Å². The van der Waals surface area contributed by atoms with E-state index < -0.39 is 4.92 Å². The largest absolute Gasteiger partial charge is 0.508 e. The summed E-state index contributed by atoms with van der Waals surface area (Å²) in [5.41, 5.74) is 2.55. The molecule has 0 spiro atoms. The van der Waals surface area contributed by atoms with E-state index in [0.29, 0.717) is 12.1 Å². The van der Waals surface area contributed by atoms with E-state index in [2.05, 4.69) is 24.1 Å². The summed E-state index contributed by atoms with van der Waals surface area (Å²) >= 11 is 0. The first-order valence-electron chi connectivity index (χ1n) is 9.07. The molecule has 2 aromatic carbocycles. The van der Waals surface area contributed by atoms with E-state index >= 15 is 0 Å². The van der Waals surface area contributed by atoms with Crippen LogP contribution in [0.5, 0.6) is 5.75 Å². The van der Waals surface area contributed by atoms with Crippen LogP contribution in [0.1, 0.15) is 50.7 Å². The highest BCUT2D eigenvalue weighted by Gasteiger charge is 2.15. The Hall–Kier alpha value is -2.76. The Morgan fingerprint density at radius 1 is 1.00 bits per heavy atom. The quantitative estimate of drug-likeness (QED) is 0.320. The predicted molar refractivity (Wildman–Crippen MR) is 103 cm³/mol. The minimum absolute atomic E-state index is 0.0818. The van der Waals surface area contributed by atoms with Crippen LogP contribution in [0.25, 0.3) is 0 Å². The molecule has 0 atom stereocenters. The van der Waals surface area contributed by atoms with Gasteiger partial charge >= 0.3 is 0 Å². The molecule has 6 heteroatoms. The number of phenols is 1. The zero-order valence-electron chi connectivity index (χ0n) is 15.3. The van der Waals surface area contributed by atoms with Crippen LogP contribution in [-0.4, -0.2) is 10.0 Å². The minimum atomic E-state index is -0.465. The summed E-state index contributed by atoms with van der Waals surface area (Å²) in [7, 11) is 0. The second-order valence-electron chi connectivity index (χ2n) is 6.22. The van der Waals surface area contributed by atoms with Crippen LogP contribution in [0.3, 0.4) is 0 Å². The number of nitrogens with zero attached hydrogens (tertiary/aromatic N) is 3. The Bertz CT molecular complexity index is 788. The lowest BCUT2D eigenvalue weighted by molar-refractivity contribution is -0.384. The average molecular weight is 355 g/mol. The van der Waals surface area contributed by atoms with Gasteiger partial charge in [0.2, 0.25) is 0 Å². The Morgan fingerprint density at radius 2 is 1.69 bits per heavy atom. The zero-order chi connectivity index (χ0) is 18.9. The normalized spacial score (nSPS) is 11.2. The van der Waals surface area contributed by atoms with Gasteiger partial charge in [0.15, 0.2) is 5.69 Å². The number of phenolic OH excluding ortho intramolecular Hbond substituents is 1. The van der Waals surface area contributed by atoms with E-state index in [0.717, 1.165) is 43.2 Å². The summed E-state index contributed by atoms with van der Waals surface area (Å²) in [6.07, 6.45) is 5.52. The minimum Gasteiger partial charge on any atom is -0.508 e. The number of hydrogen-bond acceptors (Lipinski definition) is 5. The van der Waals surface area contributed by atoms with E-state index in [1.165, 1.54) is 6.07 Å². The van der Waals surface area contributed by atoms with E-state index in [1.807, 2.05) is 6.07 Å². The average Bonchev–Trinajstić information content (AvgIpc) is 2.64. The Balaban J connectivity index is 2.48. The Kier molecular flexibility index (Phi) is 7.26. The van der Waals surface area contributed by atoms with Crippen LogP contribution in [0.15, 0.2) is 46.6 Å². The summed E-state index contributed by atoms with van der Waals surface area (Å²) in [6.45, 7) is 4.21. The molecule has 6 nitrogen and oxygen atoms in total. The van der Waals surface area contributed by atoms with Gasteiger partial charge in [-0.2, -0.15) is 0 Å². The molecule has 0 heterocycles. The van der Waals surface area contributed by atoms with Crippen molar-refractivity contribution in [1.82, 2.24) is 0 Å². The number of rotatable bonds is 9. The molecule has 0 amide bonds. The standard InChI is InChI=1S/C20H25N3O3/c1-3-5-9-15-13-14-19(24)16(10-6-4-2)20(15)22-21-17-11-7-8-12-18(17)23(25)26/h7-8,11-14,24H,3-6,9-10H2,1-2H3. The highest BCUT2D eigenvalue weighted by Crippen LogP contribution is 2.36. The molecule has 0 radical (unpaired) electrons. The van der Waals surface area contributed by atoms with Gasteiger partial charge in [-0.3, -0.25) is 10.1 Å². The summed E-state index contributed by atoms with van der Waals surface area (Å²) in [5.74, 6) is 0.204. The van der Waals surface area contributed by atoms with Crippen LogP contribution in [-0.2, 0) is 12.8 Å². The van der Waals surface area contributed by atoms with Gasteiger partial charge in [0, 0.05) is 11.6 Å². The first-order chi connectivity index (χ1) is 12.6. The van der Waals surface area contributed by atoms with Crippen molar-refractivity contribution in [2.75, 3.05) is 0 Å². The highest BCUT2D eigenvalue weighted by atomic mass is 16.6. The van der Waals surface area contributed by atoms with Gasteiger partial charge in [0.1, 0.15) is 5.75 Å². The molecule has 2 aromatic rings. The van der Waals surface area contributed by atoms with Crippen LogP contribution in [0.2, 0.25) is 0 Å². The van der Waals surface area contributed by atoms with Gasteiger partial charge in [0.25, 0.3) is 5.69 Å². The monoisotopic (exact) mass is 355 g/mol. The lowest BCUT2D eigenvalue weighted by Crippen LogP contribution is -1.93. The molecule has 26 heavy (non-hydrogen) atoms. The molecule has 1 N–H and O–H groups in total. The second-order valence-corrected chi connectivity index (χ2v) is 6.22. The maximum atomic E-state index is 11.2. The molecular formula is C20H25N3O3. The van der Waals surface area contributed by atoms with Crippen molar-refractivity contribution in [3.63, 3.8) is 0 Å². The number of benzene rings is 2. The third kappa shape index (κ3) is 4.88. The Labute approximate surface area is 153 Å². The second kappa shape index (κ2) is 9.65. The molecule has 0 aliphatic carbocycles. The van der Waals surface area contributed by atoms with Crippen molar-refractivity contribution in [1.29, 1.82) is 0 Å². The van der Waals surface area contributed by atoms with Gasteiger partial charge in [-0.1, -0.05) is 44.9 Å². The first-order valence-corrected chi connectivity index (χ1v) is 9.07. The van der Waals surface area contributed by atoms with Gasteiger partial charge in [-0.25, -0.2) is 0 Å². The molecule has 2 rings (SSSR count). The molecule has 138 valence electrons. The molecule has 0 aromatic heterocycles. The molecule has 0 unspecified atom stereocenters. The molecule has 0 aliphatic heterocycles. The van der Waals surface area contributed by atoms with Gasteiger partial charge < -0.3 is 5.11 Å². The number of aromatic hydroxyl groups is 1. The van der Waals surface area contributed by atoms with E-state index in [4.69, 9.17) is 0 Å². The fraction of sp³-hybridized carbons (Fsp3) is 0.400. The number of azo groups is 1. The van der Waals surface area contributed by atoms with Crippen LogP contribution >= 0.6 is 0 Å². The molecule has 0 fully saturated rings. The summed E-state index contributed by atoms with van der Waals surface area (Å²) in [6, 6.07) is 9.85. The summed E-state index contributed by atoms with van der Waals surface area (Å²) in [4.78, 5) is 10.7. The number of hydrogen-bond donors (Lipinski definition) is 1. The van der Waals surface area contributed by atoms with Crippen molar-refractivity contribution in [2.45, 2.75) is 52.4 Å². The zero-order valence-corrected chi connectivity index (χ0v) is 15.3. The van der Waals surface area contributed by atoms with Crippen LogP contribution in [0, 0.1) is 10.1 Å². The van der Waals surface area contributed by atoms with Gasteiger partial charge in [0.05, 0.1) is 10.6 Å². The fourth-order valence-electron chi connectivity index (χ4n) is 2.77. The lowest BCUT2D eigenvalue weighted by Gasteiger charge is -2.12. The smallest absolute Gasteiger partial charge is 0.296 e. The molecule has 0 bridgehead atoms. The third-order valence-corrected chi connectivity index (χ3v) is 4.26. The first kappa shape index (κ1) is 19.6. The molecule has 0 saturated heterocycles. The predicted octanol–water partition coefficient (Wildman–Crippen LogP) is 6.40. The molecular weight excluding hydrogens is 330 g/mol. The van der Waals surface area contributed by atoms with Crippen molar-refractivity contribution in [3.8, 4) is 5.75 Å². The topological polar surface area (TPSA) is 88.1 Å². The lowest BCUT2D eigenvalue weighted by atomic mass is 9.98. The van der Waals surface area contributed by atoms with Crippen molar-refractivity contribution in [2.24, 2.45) is 10.2 Å². The SMILES string of the molecule is CCCCc1ccc(O)c(CCCC)c1N=Nc1ccccc1[N+](=O)[O-]. The Morgan fingerprint density at radius 3 is 2.38 bits per heavy atom. The van der Waals surface area contributed by atoms with Gasteiger partial charge in [-0.15, -0.1) is 10.2 Å². The van der Waals surface area contributed by atoms with Gasteiger partial charge in [-0.05, 0) is 43.4 Å². The number of nitro benzene ring substituents is 1. The summed E-state index contributed by atoms with van der Waals surface area (Å²) in [5, 5.41) is 30.0. The third-order valence-electron chi connectivity index (χ3n) is 4.26. The molecule has 0 saturated carbocycles. The number of para-hydroxylation sites is 1. The maximum Gasteiger partial charge on any atom is 0.296 e. The van der Waals surface area contributed by atoms with Crippen molar-refractivity contribution >= 4 is 17.1 Å². The molecule has 0 aliphatic rings. The van der Waals surface area contributed by atoms with Crippen LogP contribution in [0.4, 0.5) is 17.1 Å². The highest BCUT2D eigenvalue weighted by molar-refractivity contribution is 5.60. The van der Waals surface area contributed by atoms with Crippen molar-refractivity contribution in [3.05, 3.63) is 57.6 Å². The number of unbranched alkanes of at least 4 members (excludes halogenated alkanes) is 2. The number of aryl methyl sites for hydroxylation is 1. The van der Waals surface area contributed by atoms with Crippen LogP contribution < -0.4 is 0 Å². The van der Waals surface area contributed by atoms with E-state index in [1.54, 1.807) is 24.3 Å². The van der Waals surface area contributed by atoms with E-state index in [9.17, 15) is 15.2 Å².